The van der Waals surface area contributed by atoms with Gasteiger partial charge in [0.05, 0.1) is 18.7 Å². The molecule has 0 saturated carbocycles. The summed E-state index contributed by atoms with van der Waals surface area (Å²) in [6.07, 6.45) is 0.107. The number of benzene rings is 1. The van der Waals surface area contributed by atoms with Crippen LogP contribution in [0.1, 0.15) is 52.6 Å². The van der Waals surface area contributed by atoms with E-state index in [9.17, 15) is 4.79 Å². The number of thiophene rings is 1. The Hall–Kier alpha value is -2.51. The Balaban J connectivity index is 1.96. The number of rotatable bonds is 4. The second-order valence-corrected chi connectivity index (χ2v) is 8.55. The number of hydrogen-bond acceptors (Lipinski definition) is 6. The maximum absolute atomic E-state index is 12.3. The summed E-state index contributed by atoms with van der Waals surface area (Å²) < 4.78 is 7.21. The van der Waals surface area contributed by atoms with Gasteiger partial charge in [-0.05, 0) is 45.4 Å². The zero-order chi connectivity index (χ0) is 20.7. The topological polar surface area (TPSA) is 69.4 Å². The van der Waals surface area contributed by atoms with Gasteiger partial charge in [0.1, 0.15) is 16.9 Å². The van der Waals surface area contributed by atoms with Crippen LogP contribution in [0.2, 0.25) is 5.02 Å². The lowest BCUT2D eigenvalue weighted by molar-refractivity contribution is -0.143. The van der Waals surface area contributed by atoms with Gasteiger partial charge in [0.25, 0.3) is 0 Å². The van der Waals surface area contributed by atoms with Gasteiger partial charge in [-0.15, -0.1) is 21.5 Å². The molecule has 0 N–H and O–H groups in total. The number of halogens is 1. The molecule has 0 bridgehead atoms. The summed E-state index contributed by atoms with van der Waals surface area (Å²) in [5.74, 6) is 1.12. The van der Waals surface area contributed by atoms with Gasteiger partial charge in [0, 0.05) is 21.0 Å². The second-order valence-electron chi connectivity index (χ2n) is 6.91. The van der Waals surface area contributed by atoms with Crippen LogP contribution in [-0.4, -0.2) is 33.1 Å². The first-order valence-corrected chi connectivity index (χ1v) is 10.6. The molecule has 0 fully saturated rings. The minimum Gasteiger partial charge on any atom is -0.466 e. The summed E-state index contributed by atoms with van der Waals surface area (Å²) >= 11 is 7.79. The van der Waals surface area contributed by atoms with E-state index >= 15 is 0 Å². The fraction of sp³-hybridized carbons (Fsp3) is 0.333. The van der Waals surface area contributed by atoms with Crippen LogP contribution in [0.25, 0.3) is 5.00 Å². The summed E-state index contributed by atoms with van der Waals surface area (Å²) in [7, 11) is 0. The quantitative estimate of drug-likeness (QED) is 0.562. The Labute approximate surface area is 178 Å². The van der Waals surface area contributed by atoms with Crippen LogP contribution in [0, 0.1) is 20.8 Å². The van der Waals surface area contributed by atoms with E-state index in [1.807, 2.05) is 35.8 Å². The maximum Gasteiger partial charge on any atom is 0.308 e. The third-order valence-electron chi connectivity index (χ3n) is 5.02. The molecule has 1 atom stereocenters. The van der Waals surface area contributed by atoms with E-state index in [1.54, 1.807) is 18.3 Å². The standard InChI is InChI=1S/C21H21ClN4O2S/c1-5-28-17(27)10-16-20-25-24-13(4)26(20)21-18(11(2)12(3)29-21)19(23-16)14-6-8-15(22)9-7-14/h6-9,16H,5,10H2,1-4H3/t16-/m0/s1. The number of aryl methyl sites for hydroxylation is 2. The van der Waals surface area contributed by atoms with Gasteiger partial charge in [-0.1, -0.05) is 23.7 Å². The zero-order valence-electron chi connectivity index (χ0n) is 16.7. The summed E-state index contributed by atoms with van der Waals surface area (Å²) in [4.78, 5) is 18.5. The Morgan fingerprint density at radius 2 is 1.93 bits per heavy atom. The molecule has 29 heavy (non-hydrogen) atoms. The summed E-state index contributed by atoms with van der Waals surface area (Å²) in [6, 6.07) is 7.13. The fourth-order valence-corrected chi connectivity index (χ4v) is 4.85. The average Bonchev–Trinajstić information content (AvgIpc) is 3.15. The first kappa shape index (κ1) is 19.8. The Kier molecular flexibility index (Phi) is 5.27. The average molecular weight is 429 g/mol. The highest BCUT2D eigenvalue weighted by Crippen LogP contribution is 2.39. The minimum atomic E-state index is -0.486. The number of aromatic nitrogens is 3. The van der Waals surface area contributed by atoms with Crippen molar-refractivity contribution in [2.45, 2.75) is 40.2 Å². The Morgan fingerprint density at radius 1 is 1.21 bits per heavy atom. The van der Waals surface area contributed by atoms with Crippen molar-refractivity contribution in [3.05, 3.63) is 62.5 Å². The Morgan fingerprint density at radius 3 is 2.62 bits per heavy atom. The van der Waals surface area contributed by atoms with Crippen LogP contribution in [0.3, 0.4) is 0 Å². The molecule has 4 rings (SSSR count). The molecular formula is C21H21ClN4O2S. The second kappa shape index (κ2) is 7.72. The smallest absolute Gasteiger partial charge is 0.308 e. The monoisotopic (exact) mass is 428 g/mol. The molecule has 0 amide bonds. The molecule has 8 heteroatoms. The lowest BCUT2D eigenvalue weighted by Gasteiger charge is -2.12. The van der Waals surface area contributed by atoms with Crippen LogP contribution in [0.15, 0.2) is 29.3 Å². The van der Waals surface area contributed by atoms with Crippen LogP contribution in [-0.2, 0) is 9.53 Å². The first-order valence-electron chi connectivity index (χ1n) is 9.42. The predicted molar refractivity (Wildman–Crippen MR) is 115 cm³/mol. The highest BCUT2D eigenvalue weighted by Gasteiger charge is 2.32. The first-order chi connectivity index (χ1) is 13.9. The van der Waals surface area contributed by atoms with Gasteiger partial charge in [0.2, 0.25) is 0 Å². The number of hydrogen-bond donors (Lipinski definition) is 0. The van der Waals surface area contributed by atoms with Crippen molar-refractivity contribution in [1.29, 1.82) is 0 Å². The molecule has 1 aliphatic rings. The highest BCUT2D eigenvalue weighted by atomic mass is 35.5. The molecule has 0 radical (unpaired) electrons. The van der Waals surface area contributed by atoms with Crippen LogP contribution in [0.4, 0.5) is 0 Å². The van der Waals surface area contributed by atoms with Crippen molar-refractivity contribution in [3.63, 3.8) is 0 Å². The number of aliphatic imine (C=N–C) groups is 1. The van der Waals surface area contributed by atoms with Gasteiger partial charge < -0.3 is 4.74 Å². The fourth-order valence-electron chi connectivity index (χ4n) is 3.51. The van der Waals surface area contributed by atoms with Gasteiger partial charge in [-0.3, -0.25) is 14.4 Å². The lowest BCUT2D eigenvalue weighted by Crippen LogP contribution is -2.13. The SMILES string of the molecule is CCOC(=O)C[C@@H]1N=C(c2ccc(Cl)cc2)c2c(sc(C)c2C)-n2c(C)nnc21. The largest absolute Gasteiger partial charge is 0.466 e. The van der Waals surface area contributed by atoms with Gasteiger partial charge >= 0.3 is 5.97 Å². The summed E-state index contributed by atoms with van der Waals surface area (Å²) in [5.41, 5.74) is 3.99. The lowest BCUT2D eigenvalue weighted by atomic mass is 9.99. The number of carbonyl (C=O) groups is 1. The molecular weight excluding hydrogens is 408 g/mol. The van der Waals surface area contributed by atoms with Crippen LogP contribution >= 0.6 is 22.9 Å². The normalized spacial score (nSPS) is 15.3. The van der Waals surface area contributed by atoms with Gasteiger partial charge in [-0.25, -0.2) is 0 Å². The number of nitrogens with zero attached hydrogens (tertiary/aromatic N) is 4. The molecule has 3 aromatic rings. The van der Waals surface area contributed by atoms with E-state index < -0.39 is 6.04 Å². The number of ether oxygens (including phenoxy) is 1. The molecule has 0 aliphatic carbocycles. The third-order valence-corrected chi connectivity index (χ3v) is 6.47. The molecule has 6 nitrogen and oxygen atoms in total. The maximum atomic E-state index is 12.3. The van der Waals surface area contributed by atoms with E-state index in [-0.39, 0.29) is 12.4 Å². The van der Waals surface area contributed by atoms with E-state index in [4.69, 9.17) is 21.3 Å². The highest BCUT2D eigenvalue weighted by molar-refractivity contribution is 7.15. The summed E-state index contributed by atoms with van der Waals surface area (Å²) in [6.45, 7) is 8.24. The van der Waals surface area contributed by atoms with E-state index in [1.165, 1.54) is 4.88 Å². The van der Waals surface area contributed by atoms with Crippen LogP contribution in [0.5, 0.6) is 0 Å². The number of esters is 1. The predicted octanol–water partition coefficient (Wildman–Crippen LogP) is 4.75. The number of fused-ring (bicyclic) bond motifs is 3. The van der Waals surface area contributed by atoms with Crippen molar-refractivity contribution < 1.29 is 9.53 Å². The molecule has 1 aliphatic heterocycles. The van der Waals surface area contributed by atoms with Crippen molar-refractivity contribution in [2.75, 3.05) is 6.61 Å². The van der Waals surface area contributed by atoms with E-state index in [0.29, 0.717) is 17.5 Å². The third kappa shape index (κ3) is 3.49. The Bertz CT molecular complexity index is 1110. The molecule has 150 valence electrons. The van der Waals surface area contributed by atoms with E-state index in [0.717, 1.165) is 33.2 Å². The van der Waals surface area contributed by atoms with Crippen molar-refractivity contribution in [1.82, 2.24) is 14.8 Å². The van der Waals surface area contributed by atoms with E-state index in [2.05, 4.69) is 24.0 Å². The van der Waals surface area contributed by atoms with Crippen molar-refractivity contribution in [2.24, 2.45) is 4.99 Å². The zero-order valence-corrected chi connectivity index (χ0v) is 18.3. The molecule has 0 unspecified atom stereocenters. The molecule has 1 aromatic carbocycles. The minimum absolute atomic E-state index is 0.107. The van der Waals surface area contributed by atoms with Gasteiger partial charge in [0.15, 0.2) is 5.82 Å². The van der Waals surface area contributed by atoms with Gasteiger partial charge in [-0.2, -0.15) is 0 Å². The van der Waals surface area contributed by atoms with Crippen molar-refractivity contribution >= 4 is 34.6 Å². The van der Waals surface area contributed by atoms with Crippen molar-refractivity contribution in [3.8, 4) is 5.00 Å². The molecule has 3 heterocycles. The summed E-state index contributed by atoms with van der Waals surface area (Å²) in [5, 5.41) is 10.3. The molecule has 0 saturated heterocycles. The molecule has 2 aromatic heterocycles. The van der Waals surface area contributed by atoms with Crippen LogP contribution < -0.4 is 0 Å². The molecule has 0 spiro atoms. The number of carbonyl (C=O) groups excluding carboxylic acids is 1.